The summed E-state index contributed by atoms with van der Waals surface area (Å²) in [4.78, 5) is 30.4. The van der Waals surface area contributed by atoms with Crippen LogP contribution in [0.4, 0.5) is 11.6 Å². The summed E-state index contributed by atoms with van der Waals surface area (Å²) in [5.41, 5.74) is 4.83. The summed E-state index contributed by atoms with van der Waals surface area (Å²) >= 11 is 7.49. The van der Waals surface area contributed by atoms with Crippen LogP contribution in [0.15, 0.2) is 35.2 Å². The first kappa shape index (κ1) is 25.3. The summed E-state index contributed by atoms with van der Waals surface area (Å²) in [6.07, 6.45) is 0.750. The molecule has 1 aliphatic rings. The van der Waals surface area contributed by atoms with Crippen LogP contribution in [-0.4, -0.2) is 58.7 Å². The summed E-state index contributed by atoms with van der Waals surface area (Å²) in [5, 5.41) is 19.9. The summed E-state index contributed by atoms with van der Waals surface area (Å²) in [7, 11) is 1.50. The molecule has 1 aromatic carbocycles. The van der Waals surface area contributed by atoms with E-state index in [0.29, 0.717) is 19.0 Å². The molecule has 1 aliphatic heterocycles. The first-order valence-electron chi connectivity index (χ1n) is 8.81. The SMILES string of the molecule is CC=O.CN.N#Cc1cc(Cl)nc(N2CCN(Sc3ccc([N+](=O)[O-])cc3)CC2)n1. The molecule has 0 unspecified atom stereocenters. The van der Waals surface area contributed by atoms with Gasteiger partial charge in [0.2, 0.25) is 5.95 Å². The summed E-state index contributed by atoms with van der Waals surface area (Å²) < 4.78 is 2.17. The van der Waals surface area contributed by atoms with Crippen molar-refractivity contribution >= 4 is 41.5 Å². The number of nitrogens with zero attached hydrogens (tertiary/aromatic N) is 6. The lowest BCUT2D eigenvalue weighted by atomic mass is 10.3. The Morgan fingerprint density at radius 3 is 2.30 bits per heavy atom. The first-order valence-corrected chi connectivity index (χ1v) is 9.96. The average Bonchev–Trinajstić information content (AvgIpc) is 2.76. The van der Waals surface area contributed by atoms with E-state index in [0.717, 1.165) is 24.3 Å². The zero-order chi connectivity index (χ0) is 22.5. The number of nitrogens with two attached hydrogens (primary N) is 1. The number of aldehydes is 1. The van der Waals surface area contributed by atoms with Crippen LogP contribution in [0.1, 0.15) is 12.6 Å². The molecule has 2 heterocycles. The lowest BCUT2D eigenvalue weighted by molar-refractivity contribution is -0.384. The predicted molar refractivity (Wildman–Crippen MR) is 116 cm³/mol. The van der Waals surface area contributed by atoms with E-state index in [9.17, 15) is 10.1 Å². The van der Waals surface area contributed by atoms with Gasteiger partial charge in [0.1, 0.15) is 23.2 Å². The minimum atomic E-state index is -0.409. The Morgan fingerprint density at radius 2 is 1.80 bits per heavy atom. The molecule has 160 valence electrons. The highest BCUT2D eigenvalue weighted by Crippen LogP contribution is 2.26. The molecule has 0 radical (unpaired) electrons. The molecule has 12 heteroatoms. The fraction of sp³-hybridized carbons (Fsp3) is 0.333. The number of nitriles is 1. The van der Waals surface area contributed by atoms with Crippen molar-refractivity contribution in [1.29, 1.82) is 5.26 Å². The van der Waals surface area contributed by atoms with Gasteiger partial charge in [0.25, 0.3) is 5.69 Å². The number of piperazine rings is 1. The monoisotopic (exact) mass is 451 g/mol. The normalized spacial score (nSPS) is 13.1. The number of halogens is 1. The molecule has 0 atom stereocenters. The van der Waals surface area contributed by atoms with Gasteiger partial charge in [0.15, 0.2) is 0 Å². The quantitative estimate of drug-likeness (QED) is 0.242. The maximum atomic E-state index is 10.7. The van der Waals surface area contributed by atoms with Gasteiger partial charge >= 0.3 is 0 Å². The molecule has 2 N–H and O–H groups in total. The standard InChI is InChI=1S/C15H13ClN6O2S.C2H4O.CH5N/c16-14-9-11(10-17)18-15(19-14)20-5-7-21(8-6-20)25-13-3-1-12(2-4-13)22(23)24;1-2-3;1-2/h1-4,9H,5-8H2;2H,1H3;2H2,1H3. The van der Waals surface area contributed by atoms with E-state index in [1.165, 1.54) is 32.2 Å². The van der Waals surface area contributed by atoms with Crippen molar-refractivity contribution in [2.24, 2.45) is 5.73 Å². The number of anilines is 1. The number of carbonyl (C=O) groups excluding carboxylic acids is 1. The predicted octanol–water partition coefficient (Wildman–Crippen LogP) is 2.52. The molecular weight excluding hydrogens is 430 g/mol. The van der Waals surface area contributed by atoms with Crippen LogP contribution < -0.4 is 10.6 Å². The van der Waals surface area contributed by atoms with Crippen LogP contribution in [0.2, 0.25) is 5.15 Å². The fourth-order valence-electron chi connectivity index (χ4n) is 2.36. The van der Waals surface area contributed by atoms with Crippen LogP contribution >= 0.6 is 23.5 Å². The molecule has 10 nitrogen and oxygen atoms in total. The van der Waals surface area contributed by atoms with Gasteiger partial charge in [-0.05, 0) is 38.1 Å². The molecule has 30 heavy (non-hydrogen) atoms. The topological polar surface area (TPSA) is 142 Å². The second-order valence-corrected chi connectivity index (χ2v) is 7.04. The second-order valence-electron chi connectivity index (χ2n) is 5.48. The highest BCUT2D eigenvalue weighted by molar-refractivity contribution is 7.97. The molecular formula is C18H22ClN7O3S. The fourth-order valence-corrected chi connectivity index (χ4v) is 3.44. The Hall–Kier alpha value is -2.78. The molecule has 0 aliphatic carbocycles. The minimum absolute atomic E-state index is 0.0839. The molecule has 0 spiro atoms. The Labute approximate surface area is 183 Å². The highest BCUT2D eigenvalue weighted by atomic mass is 35.5. The van der Waals surface area contributed by atoms with E-state index in [1.54, 1.807) is 24.1 Å². The Bertz CT molecular complexity index is 869. The van der Waals surface area contributed by atoms with Crippen molar-refractivity contribution in [2.75, 3.05) is 38.1 Å². The lowest BCUT2D eigenvalue weighted by Crippen LogP contribution is -2.44. The second kappa shape index (κ2) is 13.4. The van der Waals surface area contributed by atoms with Crippen molar-refractivity contribution in [2.45, 2.75) is 11.8 Å². The van der Waals surface area contributed by atoms with Crippen molar-refractivity contribution in [3.8, 4) is 6.07 Å². The summed E-state index contributed by atoms with van der Waals surface area (Å²) in [6, 6.07) is 9.91. The van der Waals surface area contributed by atoms with E-state index in [4.69, 9.17) is 21.7 Å². The number of hydrogen-bond donors (Lipinski definition) is 1. The van der Waals surface area contributed by atoms with Crippen LogP contribution in [0.25, 0.3) is 0 Å². The minimum Gasteiger partial charge on any atom is -0.338 e. The van der Waals surface area contributed by atoms with Crippen LogP contribution in [0, 0.1) is 21.4 Å². The molecule has 2 aromatic rings. The molecule has 1 aromatic heterocycles. The van der Waals surface area contributed by atoms with E-state index < -0.39 is 4.92 Å². The number of rotatable bonds is 4. The van der Waals surface area contributed by atoms with Crippen LogP contribution in [-0.2, 0) is 4.79 Å². The van der Waals surface area contributed by atoms with Gasteiger partial charge in [-0.3, -0.25) is 10.1 Å². The smallest absolute Gasteiger partial charge is 0.269 e. The van der Waals surface area contributed by atoms with E-state index in [2.05, 4.69) is 20.0 Å². The molecule has 0 bridgehead atoms. The first-order chi connectivity index (χ1) is 14.5. The van der Waals surface area contributed by atoms with Gasteiger partial charge in [-0.2, -0.15) is 5.26 Å². The number of nitro groups is 1. The number of non-ortho nitro benzene ring substituents is 1. The van der Waals surface area contributed by atoms with Gasteiger partial charge in [0, 0.05) is 49.3 Å². The van der Waals surface area contributed by atoms with Crippen LogP contribution in [0.5, 0.6) is 0 Å². The third kappa shape index (κ3) is 7.92. The number of aromatic nitrogens is 2. The van der Waals surface area contributed by atoms with Gasteiger partial charge in [-0.1, -0.05) is 11.6 Å². The summed E-state index contributed by atoms with van der Waals surface area (Å²) in [6.45, 7) is 4.37. The van der Waals surface area contributed by atoms with Gasteiger partial charge in [-0.15, -0.1) is 0 Å². The van der Waals surface area contributed by atoms with Crippen molar-refractivity contribution in [3.63, 3.8) is 0 Å². The highest BCUT2D eigenvalue weighted by Gasteiger charge is 2.21. The molecule has 3 rings (SSSR count). The van der Waals surface area contributed by atoms with Crippen molar-refractivity contribution < 1.29 is 9.72 Å². The van der Waals surface area contributed by atoms with Gasteiger partial charge in [0.05, 0.1) is 4.92 Å². The zero-order valence-corrected chi connectivity index (χ0v) is 18.1. The third-order valence-corrected chi connectivity index (χ3v) is 4.90. The average molecular weight is 452 g/mol. The zero-order valence-electron chi connectivity index (χ0n) is 16.6. The number of hydrogen-bond acceptors (Lipinski definition) is 10. The molecule has 1 saturated heterocycles. The Kier molecular flexibility index (Phi) is 11.3. The third-order valence-electron chi connectivity index (χ3n) is 3.60. The van der Waals surface area contributed by atoms with Gasteiger partial charge < -0.3 is 15.4 Å². The van der Waals surface area contributed by atoms with Crippen LogP contribution in [0.3, 0.4) is 0 Å². The number of benzene rings is 1. The molecule has 0 amide bonds. The molecule has 0 saturated carbocycles. The molecule has 1 fully saturated rings. The largest absolute Gasteiger partial charge is 0.338 e. The maximum Gasteiger partial charge on any atom is 0.269 e. The van der Waals surface area contributed by atoms with E-state index >= 15 is 0 Å². The van der Waals surface area contributed by atoms with E-state index in [1.807, 2.05) is 11.0 Å². The maximum absolute atomic E-state index is 10.7. The summed E-state index contributed by atoms with van der Waals surface area (Å²) in [5.74, 6) is 0.462. The Balaban J connectivity index is 0.000000826. The number of carbonyl (C=O) groups is 1. The van der Waals surface area contributed by atoms with Crippen molar-refractivity contribution in [1.82, 2.24) is 14.3 Å². The van der Waals surface area contributed by atoms with Crippen molar-refractivity contribution in [3.05, 3.63) is 51.3 Å². The lowest BCUT2D eigenvalue weighted by Gasteiger charge is -2.33. The van der Waals surface area contributed by atoms with Gasteiger partial charge in [-0.25, -0.2) is 14.3 Å². The van der Waals surface area contributed by atoms with E-state index in [-0.39, 0.29) is 16.5 Å². The number of nitro benzene ring substituents is 1. The Morgan fingerprint density at radius 1 is 1.23 bits per heavy atom.